The zero-order chi connectivity index (χ0) is 21.1. The van der Waals surface area contributed by atoms with E-state index in [2.05, 4.69) is 10.3 Å². The second-order valence-corrected chi connectivity index (χ2v) is 7.31. The summed E-state index contributed by atoms with van der Waals surface area (Å²) in [5.41, 5.74) is 2.63. The van der Waals surface area contributed by atoms with Crippen LogP contribution in [0.25, 0.3) is 5.69 Å². The smallest absolute Gasteiger partial charge is 0.307 e. The van der Waals surface area contributed by atoms with E-state index in [-0.39, 0.29) is 30.3 Å². The number of nitrogens with one attached hydrogen (secondary N) is 1. The molecule has 2 atom stereocenters. The second kappa shape index (κ2) is 8.62. The van der Waals surface area contributed by atoms with Crippen molar-refractivity contribution >= 4 is 23.3 Å². The largest absolute Gasteiger partial charge is 0.469 e. The van der Waals surface area contributed by atoms with Crippen LogP contribution in [0.1, 0.15) is 29.9 Å². The summed E-state index contributed by atoms with van der Waals surface area (Å²) in [6.45, 7) is 0.404. The van der Waals surface area contributed by atoms with E-state index in [1.54, 1.807) is 18.3 Å². The summed E-state index contributed by atoms with van der Waals surface area (Å²) in [7, 11) is 1.37. The van der Waals surface area contributed by atoms with E-state index in [4.69, 9.17) is 17.0 Å². The van der Waals surface area contributed by atoms with Crippen molar-refractivity contribution < 1.29 is 13.9 Å². The second-order valence-electron chi connectivity index (χ2n) is 6.93. The van der Waals surface area contributed by atoms with Crippen LogP contribution < -0.4 is 5.32 Å². The molecule has 0 saturated carbocycles. The molecule has 4 rings (SSSR count). The van der Waals surface area contributed by atoms with Crippen molar-refractivity contribution in [2.45, 2.75) is 18.5 Å². The van der Waals surface area contributed by atoms with Gasteiger partial charge < -0.3 is 19.5 Å². The van der Waals surface area contributed by atoms with Gasteiger partial charge in [0.15, 0.2) is 5.11 Å². The van der Waals surface area contributed by atoms with Crippen LogP contribution in [-0.4, -0.2) is 39.2 Å². The third-order valence-corrected chi connectivity index (χ3v) is 5.52. The topological polar surface area (TPSA) is 59.4 Å². The molecule has 0 aliphatic carbocycles. The molecule has 3 aromatic rings. The fraction of sp³-hybridized carbons (Fsp3) is 0.227. The first-order valence-electron chi connectivity index (χ1n) is 9.56. The van der Waals surface area contributed by atoms with E-state index in [9.17, 15) is 9.18 Å². The average molecular weight is 425 g/mol. The highest BCUT2D eigenvalue weighted by Crippen LogP contribution is 2.39. The molecular weight excluding hydrogens is 403 g/mol. The summed E-state index contributed by atoms with van der Waals surface area (Å²) in [5, 5.41) is 3.91. The van der Waals surface area contributed by atoms with Gasteiger partial charge in [-0.1, -0.05) is 6.07 Å². The minimum atomic E-state index is -0.299. The normalized spacial score (nSPS) is 18.3. The van der Waals surface area contributed by atoms with E-state index in [1.807, 2.05) is 46.0 Å². The first kappa shape index (κ1) is 20.0. The van der Waals surface area contributed by atoms with Gasteiger partial charge in [0.25, 0.3) is 0 Å². The molecule has 0 radical (unpaired) electrons. The molecule has 1 saturated heterocycles. The Morgan fingerprint density at radius 1 is 1.20 bits per heavy atom. The maximum atomic E-state index is 13.4. The van der Waals surface area contributed by atoms with Crippen molar-refractivity contribution in [2.75, 3.05) is 13.7 Å². The van der Waals surface area contributed by atoms with Crippen molar-refractivity contribution in [3.05, 3.63) is 84.2 Å². The van der Waals surface area contributed by atoms with E-state index in [0.717, 1.165) is 17.1 Å². The van der Waals surface area contributed by atoms with E-state index in [0.29, 0.717) is 11.7 Å². The number of carbonyl (C=O) groups excluding carboxylic acids is 1. The van der Waals surface area contributed by atoms with E-state index < -0.39 is 0 Å². The summed E-state index contributed by atoms with van der Waals surface area (Å²) in [5.74, 6) is -0.589. The highest BCUT2D eigenvalue weighted by atomic mass is 32.1. The van der Waals surface area contributed by atoms with E-state index >= 15 is 0 Å². The number of hydrogen-bond donors (Lipinski definition) is 1. The number of thiocarbonyl (C=S) groups is 1. The van der Waals surface area contributed by atoms with Crippen molar-refractivity contribution in [1.82, 2.24) is 19.8 Å². The predicted molar refractivity (Wildman–Crippen MR) is 115 cm³/mol. The Bertz CT molecular complexity index is 1040. The molecule has 30 heavy (non-hydrogen) atoms. The number of halogens is 1. The Morgan fingerprint density at radius 3 is 2.70 bits per heavy atom. The molecule has 0 bridgehead atoms. The highest BCUT2D eigenvalue weighted by molar-refractivity contribution is 7.80. The number of nitrogens with zero attached hydrogens (tertiary/aromatic N) is 3. The number of pyridine rings is 1. The highest BCUT2D eigenvalue weighted by Gasteiger charge is 2.41. The van der Waals surface area contributed by atoms with Gasteiger partial charge in [0.2, 0.25) is 0 Å². The van der Waals surface area contributed by atoms with Gasteiger partial charge in [-0.25, -0.2) is 4.39 Å². The number of benzene rings is 1. The van der Waals surface area contributed by atoms with Crippen LogP contribution in [0.3, 0.4) is 0 Å². The summed E-state index contributed by atoms with van der Waals surface area (Å²) in [4.78, 5) is 18.3. The van der Waals surface area contributed by atoms with Crippen LogP contribution in [0.2, 0.25) is 0 Å². The standard InChI is InChI=1S/C22H21FN4O2S/c1-29-19(28)11-14-27-21(20(25-22(27)30)17-5-2-3-12-24-17)18-6-4-13-26(18)16-9-7-15(23)8-10-16/h2-10,12-13,20-21H,11,14H2,1H3,(H,25,30). The lowest BCUT2D eigenvalue weighted by Crippen LogP contribution is -2.32. The number of aromatic nitrogens is 2. The molecular formula is C22H21FN4O2S. The van der Waals surface area contributed by atoms with Gasteiger partial charge in [-0.3, -0.25) is 9.78 Å². The van der Waals surface area contributed by atoms with Gasteiger partial charge in [0.1, 0.15) is 5.82 Å². The van der Waals surface area contributed by atoms with Gasteiger partial charge in [-0.15, -0.1) is 0 Å². The predicted octanol–water partition coefficient (Wildman–Crippen LogP) is 3.55. The molecule has 1 aliphatic rings. The molecule has 0 amide bonds. The lowest BCUT2D eigenvalue weighted by atomic mass is 10.0. The lowest BCUT2D eigenvalue weighted by Gasteiger charge is -2.28. The van der Waals surface area contributed by atoms with Gasteiger partial charge in [-0.05, 0) is 60.7 Å². The van der Waals surface area contributed by atoms with Crippen molar-refractivity contribution in [1.29, 1.82) is 0 Å². The van der Waals surface area contributed by atoms with Crippen LogP contribution in [0.5, 0.6) is 0 Å². The molecule has 8 heteroatoms. The Labute approximate surface area is 179 Å². The molecule has 3 heterocycles. The van der Waals surface area contributed by atoms with Crippen molar-refractivity contribution in [3.8, 4) is 5.69 Å². The Balaban J connectivity index is 1.75. The minimum Gasteiger partial charge on any atom is -0.469 e. The molecule has 1 N–H and O–H groups in total. The van der Waals surface area contributed by atoms with Crippen LogP contribution in [0, 0.1) is 5.82 Å². The van der Waals surface area contributed by atoms with E-state index in [1.165, 1.54) is 19.2 Å². The lowest BCUT2D eigenvalue weighted by molar-refractivity contribution is -0.140. The van der Waals surface area contributed by atoms with Crippen LogP contribution in [-0.2, 0) is 9.53 Å². The quantitative estimate of drug-likeness (QED) is 0.483. The molecule has 0 spiro atoms. The molecule has 6 nitrogen and oxygen atoms in total. The summed E-state index contributed by atoms with van der Waals surface area (Å²) in [6, 6.07) is 15.6. The average Bonchev–Trinajstić information content (AvgIpc) is 3.37. The van der Waals surface area contributed by atoms with Gasteiger partial charge in [0.05, 0.1) is 31.3 Å². The number of carbonyl (C=O) groups is 1. The number of hydrogen-bond acceptors (Lipinski definition) is 4. The minimum absolute atomic E-state index is 0.203. The van der Waals surface area contributed by atoms with Crippen LogP contribution in [0.15, 0.2) is 67.0 Å². The zero-order valence-corrected chi connectivity index (χ0v) is 17.2. The van der Waals surface area contributed by atoms with Gasteiger partial charge in [-0.2, -0.15) is 0 Å². The Morgan fingerprint density at radius 2 is 2.00 bits per heavy atom. The third kappa shape index (κ3) is 3.91. The summed E-state index contributed by atoms with van der Waals surface area (Å²) < 4.78 is 20.2. The molecule has 1 fully saturated rings. The Hall–Kier alpha value is -3.26. The van der Waals surface area contributed by atoms with Crippen molar-refractivity contribution in [2.24, 2.45) is 0 Å². The molecule has 1 aliphatic heterocycles. The number of rotatable bonds is 6. The van der Waals surface area contributed by atoms with Gasteiger partial charge >= 0.3 is 5.97 Å². The Kier molecular flexibility index (Phi) is 5.76. The zero-order valence-electron chi connectivity index (χ0n) is 16.4. The summed E-state index contributed by atoms with van der Waals surface area (Å²) in [6.07, 6.45) is 3.88. The summed E-state index contributed by atoms with van der Waals surface area (Å²) >= 11 is 5.61. The molecule has 1 aromatic carbocycles. The fourth-order valence-electron chi connectivity index (χ4n) is 3.75. The third-order valence-electron chi connectivity index (χ3n) is 5.17. The number of methoxy groups -OCH3 is 1. The van der Waals surface area contributed by atoms with Crippen LogP contribution in [0.4, 0.5) is 4.39 Å². The van der Waals surface area contributed by atoms with Crippen molar-refractivity contribution in [3.63, 3.8) is 0 Å². The first-order valence-corrected chi connectivity index (χ1v) is 9.97. The maximum absolute atomic E-state index is 13.4. The maximum Gasteiger partial charge on any atom is 0.307 e. The number of esters is 1. The molecule has 2 unspecified atom stereocenters. The van der Waals surface area contributed by atoms with Gasteiger partial charge in [0, 0.05) is 30.3 Å². The monoisotopic (exact) mass is 424 g/mol. The molecule has 154 valence electrons. The van der Waals surface area contributed by atoms with Crippen LogP contribution >= 0.6 is 12.2 Å². The molecule has 2 aromatic heterocycles. The number of ether oxygens (including phenoxy) is 1. The SMILES string of the molecule is COC(=O)CCN1C(=S)NC(c2ccccn2)C1c1cccn1-c1ccc(F)cc1. The fourth-order valence-corrected chi connectivity index (χ4v) is 4.09. The first-order chi connectivity index (χ1) is 14.6.